The van der Waals surface area contributed by atoms with Crippen molar-refractivity contribution >= 4 is 12.1 Å². The topological polar surface area (TPSA) is 78.9 Å². The number of carboxylic acids is 1. The first-order chi connectivity index (χ1) is 10.4. The molecule has 6 nitrogen and oxygen atoms in total. The second kappa shape index (κ2) is 7.37. The van der Waals surface area contributed by atoms with Gasteiger partial charge in [0, 0.05) is 19.1 Å². The lowest BCUT2D eigenvalue weighted by molar-refractivity contribution is -0.192. The molecule has 2 N–H and O–H groups in total. The fraction of sp³-hybridized carbons (Fsp3) is 0.857. The molecular weight excluding hydrogens is 317 g/mol. The van der Waals surface area contributed by atoms with Gasteiger partial charge in [-0.05, 0) is 46.1 Å². The lowest BCUT2D eigenvalue weighted by Gasteiger charge is -2.35. The quantitative estimate of drug-likeness (QED) is 0.707. The Balaban J connectivity index is 0.000000322. The van der Waals surface area contributed by atoms with Gasteiger partial charge in [0.05, 0.1) is 0 Å². The van der Waals surface area contributed by atoms with Crippen molar-refractivity contribution in [2.45, 2.75) is 51.4 Å². The molecule has 0 spiro atoms. The second-order valence-corrected chi connectivity index (χ2v) is 6.63. The zero-order valence-corrected chi connectivity index (χ0v) is 13.4. The normalized spacial score (nSPS) is 24.3. The van der Waals surface area contributed by atoms with Gasteiger partial charge in [0.1, 0.15) is 5.60 Å². The number of amides is 1. The molecule has 0 aromatic rings. The summed E-state index contributed by atoms with van der Waals surface area (Å²) < 4.78 is 37.1. The number of carboxylic acid groups (broad SMARTS) is 1. The van der Waals surface area contributed by atoms with Crippen molar-refractivity contribution in [2.75, 3.05) is 19.6 Å². The van der Waals surface area contributed by atoms with E-state index in [1.165, 1.54) is 6.42 Å². The summed E-state index contributed by atoms with van der Waals surface area (Å²) in [5.41, 5.74) is -0.387. The van der Waals surface area contributed by atoms with Crippen LogP contribution in [0.25, 0.3) is 0 Å². The minimum Gasteiger partial charge on any atom is -0.475 e. The number of likely N-dealkylation sites (tertiary alicyclic amines) is 1. The van der Waals surface area contributed by atoms with Crippen LogP contribution in [0, 0.1) is 5.92 Å². The van der Waals surface area contributed by atoms with E-state index >= 15 is 0 Å². The first kappa shape index (κ1) is 19.5. The average molecular weight is 340 g/mol. The van der Waals surface area contributed by atoms with E-state index in [9.17, 15) is 18.0 Å². The van der Waals surface area contributed by atoms with Crippen LogP contribution in [0.1, 0.15) is 33.6 Å². The molecule has 2 aliphatic rings. The molecule has 2 aliphatic heterocycles. The molecule has 0 aliphatic carbocycles. The highest BCUT2D eigenvalue weighted by molar-refractivity contribution is 5.73. The number of carbonyl (C=O) groups excluding carboxylic acids is 1. The minimum absolute atomic E-state index is 0.155. The first-order valence-corrected chi connectivity index (χ1v) is 7.41. The predicted molar refractivity (Wildman–Crippen MR) is 76.0 cm³/mol. The number of piperidine rings is 1. The maximum atomic E-state index is 11.9. The molecule has 0 aromatic heterocycles. The van der Waals surface area contributed by atoms with Gasteiger partial charge < -0.3 is 20.1 Å². The van der Waals surface area contributed by atoms with Crippen molar-refractivity contribution in [1.29, 1.82) is 0 Å². The van der Waals surface area contributed by atoms with Crippen LogP contribution in [0.5, 0.6) is 0 Å². The first-order valence-electron chi connectivity index (χ1n) is 7.41. The summed E-state index contributed by atoms with van der Waals surface area (Å²) in [5, 5.41) is 10.6. The van der Waals surface area contributed by atoms with Gasteiger partial charge in [-0.25, -0.2) is 9.59 Å². The van der Waals surface area contributed by atoms with E-state index in [4.69, 9.17) is 14.6 Å². The Kier molecular flexibility index (Phi) is 6.26. The number of rotatable bonds is 0. The number of halogens is 3. The Hall–Kier alpha value is -1.51. The summed E-state index contributed by atoms with van der Waals surface area (Å²) in [6.07, 6.45) is -2.99. The van der Waals surface area contributed by atoms with Gasteiger partial charge >= 0.3 is 18.2 Å². The molecule has 0 radical (unpaired) electrons. The molecule has 2 rings (SSSR count). The number of carbonyl (C=O) groups is 2. The molecule has 0 aromatic carbocycles. The molecule has 2 heterocycles. The van der Waals surface area contributed by atoms with E-state index in [0.717, 1.165) is 26.1 Å². The van der Waals surface area contributed by atoms with Crippen molar-refractivity contribution in [2.24, 2.45) is 5.92 Å². The molecule has 0 saturated carbocycles. The summed E-state index contributed by atoms with van der Waals surface area (Å²) in [5.74, 6) is -2.13. The fourth-order valence-corrected chi connectivity index (χ4v) is 2.54. The van der Waals surface area contributed by atoms with Crippen molar-refractivity contribution in [3.63, 3.8) is 0 Å². The molecule has 1 amide bonds. The number of hydrogen-bond acceptors (Lipinski definition) is 4. The molecule has 0 bridgehead atoms. The van der Waals surface area contributed by atoms with Crippen LogP contribution in [-0.4, -0.2) is 59.5 Å². The van der Waals surface area contributed by atoms with Crippen LogP contribution in [0.2, 0.25) is 0 Å². The maximum Gasteiger partial charge on any atom is 0.490 e. The van der Waals surface area contributed by atoms with Crippen molar-refractivity contribution in [3.8, 4) is 0 Å². The predicted octanol–water partition coefficient (Wildman–Crippen LogP) is 2.24. The van der Waals surface area contributed by atoms with E-state index < -0.39 is 12.1 Å². The van der Waals surface area contributed by atoms with Crippen molar-refractivity contribution < 1.29 is 32.6 Å². The highest BCUT2D eigenvalue weighted by atomic mass is 19.4. The molecule has 2 saturated heterocycles. The molecule has 134 valence electrons. The number of nitrogens with one attached hydrogen (secondary N) is 1. The lowest BCUT2D eigenvalue weighted by Crippen LogP contribution is -2.48. The molecule has 23 heavy (non-hydrogen) atoms. The molecular formula is C14H23F3N2O4. The summed E-state index contributed by atoms with van der Waals surface area (Å²) in [7, 11) is 0. The van der Waals surface area contributed by atoms with Crippen LogP contribution >= 0.6 is 0 Å². The number of fused-ring (bicyclic) bond motifs is 1. The Morgan fingerprint density at radius 2 is 1.78 bits per heavy atom. The third-order valence-corrected chi connectivity index (χ3v) is 3.55. The Bertz CT molecular complexity index is 435. The van der Waals surface area contributed by atoms with Gasteiger partial charge in [-0.1, -0.05) is 0 Å². The van der Waals surface area contributed by atoms with E-state index in [0.29, 0.717) is 12.0 Å². The number of hydrogen-bond donors (Lipinski definition) is 2. The van der Waals surface area contributed by atoms with Crippen molar-refractivity contribution in [1.82, 2.24) is 10.2 Å². The van der Waals surface area contributed by atoms with Gasteiger partial charge in [0.25, 0.3) is 0 Å². The SMILES string of the molecule is CC(C)(C)OC(=O)N1CCC2NCCC2C1.O=C(O)C(F)(F)F. The van der Waals surface area contributed by atoms with Gasteiger partial charge in [-0.15, -0.1) is 0 Å². The molecule has 9 heteroatoms. The maximum absolute atomic E-state index is 11.9. The van der Waals surface area contributed by atoms with Gasteiger partial charge in [-0.3, -0.25) is 0 Å². The van der Waals surface area contributed by atoms with E-state index in [1.807, 2.05) is 25.7 Å². The summed E-state index contributed by atoms with van der Waals surface area (Å²) in [4.78, 5) is 22.6. The van der Waals surface area contributed by atoms with Gasteiger partial charge in [0.15, 0.2) is 0 Å². The fourth-order valence-electron chi connectivity index (χ4n) is 2.54. The van der Waals surface area contributed by atoms with Crippen LogP contribution in [0.4, 0.5) is 18.0 Å². The Morgan fingerprint density at radius 3 is 2.26 bits per heavy atom. The molecule has 2 unspecified atom stereocenters. The van der Waals surface area contributed by atoms with Gasteiger partial charge in [0.2, 0.25) is 0 Å². The van der Waals surface area contributed by atoms with E-state index in [1.54, 1.807) is 0 Å². The Labute approximate surface area is 133 Å². The number of ether oxygens (including phenoxy) is 1. The van der Waals surface area contributed by atoms with Crippen LogP contribution in [0.3, 0.4) is 0 Å². The van der Waals surface area contributed by atoms with Crippen LogP contribution in [-0.2, 0) is 9.53 Å². The highest BCUT2D eigenvalue weighted by Crippen LogP contribution is 2.25. The minimum atomic E-state index is -5.08. The van der Waals surface area contributed by atoms with E-state index in [-0.39, 0.29) is 11.7 Å². The highest BCUT2D eigenvalue weighted by Gasteiger charge is 2.38. The number of alkyl halides is 3. The summed E-state index contributed by atoms with van der Waals surface area (Å²) >= 11 is 0. The molecule has 2 atom stereocenters. The largest absolute Gasteiger partial charge is 0.490 e. The van der Waals surface area contributed by atoms with Gasteiger partial charge in [-0.2, -0.15) is 13.2 Å². The van der Waals surface area contributed by atoms with Crippen molar-refractivity contribution in [3.05, 3.63) is 0 Å². The van der Waals surface area contributed by atoms with Crippen LogP contribution < -0.4 is 5.32 Å². The third kappa shape index (κ3) is 6.64. The summed E-state index contributed by atoms with van der Waals surface area (Å²) in [6.45, 7) is 8.51. The Morgan fingerprint density at radius 1 is 1.22 bits per heavy atom. The molecule has 2 fully saturated rings. The lowest BCUT2D eigenvalue weighted by atomic mass is 9.94. The monoisotopic (exact) mass is 340 g/mol. The van der Waals surface area contributed by atoms with Crippen LogP contribution in [0.15, 0.2) is 0 Å². The second-order valence-electron chi connectivity index (χ2n) is 6.63. The smallest absolute Gasteiger partial charge is 0.475 e. The van der Waals surface area contributed by atoms with E-state index in [2.05, 4.69) is 5.32 Å². The number of aliphatic carboxylic acids is 1. The third-order valence-electron chi connectivity index (χ3n) is 3.55. The zero-order chi connectivity index (χ0) is 17.8. The standard InChI is InChI=1S/C12H22N2O2.C2HF3O2/c1-12(2,3)16-11(15)14-7-5-10-9(8-14)4-6-13-10;3-2(4,5)1(6)7/h9-10,13H,4-8H2,1-3H3;(H,6,7). The average Bonchev–Trinajstić information content (AvgIpc) is 2.83. The zero-order valence-electron chi connectivity index (χ0n) is 13.4. The summed E-state index contributed by atoms with van der Waals surface area (Å²) in [6, 6.07) is 0.624. The number of nitrogens with zero attached hydrogens (tertiary/aromatic N) is 1.